The van der Waals surface area contributed by atoms with Crippen LogP contribution in [0, 0.1) is 28.6 Å². The Hall–Kier alpha value is -2.63. The Morgan fingerprint density at radius 1 is 1.06 bits per heavy atom. The Balaban J connectivity index is 1.31. The zero-order valence-electron chi connectivity index (χ0n) is 20.4. The van der Waals surface area contributed by atoms with Crippen molar-refractivity contribution < 1.29 is 19.5 Å². The molecule has 1 aliphatic heterocycles. The van der Waals surface area contributed by atoms with Crippen LogP contribution in [0.5, 0.6) is 0 Å². The van der Waals surface area contributed by atoms with Gasteiger partial charge in [0.15, 0.2) is 0 Å². The summed E-state index contributed by atoms with van der Waals surface area (Å²) in [7, 11) is 1.96. The molecule has 0 aromatic heterocycles. The van der Waals surface area contributed by atoms with E-state index >= 15 is 0 Å². The summed E-state index contributed by atoms with van der Waals surface area (Å²) < 4.78 is 0. The highest BCUT2D eigenvalue weighted by molar-refractivity contribution is 5.94. The summed E-state index contributed by atoms with van der Waals surface area (Å²) in [5.74, 6) is 0.977. The molecule has 0 bridgehead atoms. The lowest BCUT2D eigenvalue weighted by Gasteiger charge is -2.60. The number of nitrogens with zero attached hydrogens (tertiary/aromatic N) is 1. The van der Waals surface area contributed by atoms with E-state index in [2.05, 4.69) is 25.2 Å². The summed E-state index contributed by atoms with van der Waals surface area (Å²) in [5.41, 5.74) is 1.40. The van der Waals surface area contributed by atoms with Crippen LogP contribution in [0.2, 0.25) is 0 Å². The van der Waals surface area contributed by atoms with Gasteiger partial charge in [0, 0.05) is 30.1 Å². The van der Waals surface area contributed by atoms with E-state index in [1.165, 1.54) is 0 Å². The molecule has 3 saturated carbocycles. The van der Waals surface area contributed by atoms with Crippen LogP contribution in [0.15, 0.2) is 36.4 Å². The summed E-state index contributed by atoms with van der Waals surface area (Å²) in [4.78, 5) is 38.2. The third-order valence-corrected chi connectivity index (χ3v) is 10.0. The number of rotatable bonds is 4. The van der Waals surface area contributed by atoms with Crippen LogP contribution in [0.4, 0.5) is 0 Å². The van der Waals surface area contributed by atoms with Gasteiger partial charge in [-0.2, -0.15) is 0 Å². The Morgan fingerprint density at radius 2 is 1.79 bits per heavy atom. The fourth-order valence-corrected chi connectivity index (χ4v) is 8.17. The summed E-state index contributed by atoms with van der Waals surface area (Å²) in [6, 6.07) is 7.36. The molecule has 2 unspecified atom stereocenters. The lowest BCUT2D eigenvalue weighted by molar-refractivity contribution is -0.138. The van der Waals surface area contributed by atoms with Crippen LogP contribution in [0.3, 0.4) is 0 Å². The van der Waals surface area contributed by atoms with E-state index in [-0.39, 0.29) is 41.1 Å². The first kappa shape index (κ1) is 23.1. The van der Waals surface area contributed by atoms with Crippen molar-refractivity contribution in [2.24, 2.45) is 28.6 Å². The van der Waals surface area contributed by atoms with Crippen LogP contribution < -0.4 is 5.32 Å². The number of carboxylic acids is 1. The van der Waals surface area contributed by atoms with Gasteiger partial charge in [-0.15, -0.1) is 0 Å². The van der Waals surface area contributed by atoms with Crippen LogP contribution in [0.25, 0.3) is 0 Å². The maximum absolute atomic E-state index is 13.1. The molecule has 1 heterocycles. The molecule has 4 aliphatic rings. The van der Waals surface area contributed by atoms with E-state index in [0.29, 0.717) is 28.9 Å². The number of aliphatic carboxylic acids is 1. The fraction of sp³-hybridized carbons (Fsp3) is 0.607. The van der Waals surface area contributed by atoms with Crippen molar-refractivity contribution in [1.29, 1.82) is 0 Å². The molecule has 1 aromatic rings. The van der Waals surface area contributed by atoms with Gasteiger partial charge < -0.3 is 15.3 Å². The minimum Gasteiger partial charge on any atom is -0.481 e. The van der Waals surface area contributed by atoms with Crippen molar-refractivity contribution in [1.82, 2.24) is 10.2 Å². The number of hydrogen-bond acceptors (Lipinski definition) is 3. The van der Waals surface area contributed by atoms with Gasteiger partial charge in [0.2, 0.25) is 5.91 Å². The third kappa shape index (κ3) is 3.57. The summed E-state index contributed by atoms with van der Waals surface area (Å²) in [6.45, 7) is 4.74. The highest BCUT2D eigenvalue weighted by Gasteiger charge is 2.60. The molecule has 6 heteroatoms. The number of fused-ring (bicyclic) bond motifs is 5. The minimum atomic E-state index is -0.873. The normalized spacial score (nSPS) is 38.6. The van der Waals surface area contributed by atoms with Crippen molar-refractivity contribution in [3.05, 3.63) is 47.5 Å². The molecule has 2 N–H and O–H groups in total. The minimum absolute atomic E-state index is 0.0337. The Labute approximate surface area is 201 Å². The molecule has 0 saturated heterocycles. The molecule has 7 atom stereocenters. The third-order valence-electron chi connectivity index (χ3n) is 10.0. The largest absolute Gasteiger partial charge is 0.481 e. The maximum atomic E-state index is 13.1. The van der Waals surface area contributed by atoms with E-state index in [9.17, 15) is 14.4 Å². The number of hydrogen-bond donors (Lipinski definition) is 2. The van der Waals surface area contributed by atoms with Gasteiger partial charge in [0.1, 0.15) is 0 Å². The number of benzene rings is 1. The lowest BCUT2D eigenvalue weighted by atomic mass is 9.48. The van der Waals surface area contributed by atoms with Crippen LogP contribution in [0.1, 0.15) is 68.3 Å². The highest BCUT2D eigenvalue weighted by Crippen LogP contribution is 2.63. The van der Waals surface area contributed by atoms with Crippen molar-refractivity contribution in [2.75, 3.05) is 7.05 Å². The van der Waals surface area contributed by atoms with E-state index in [0.717, 1.165) is 38.5 Å². The molecule has 3 fully saturated rings. The quantitative estimate of drug-likeness (QED) is 0.704. The average molecular weight is 465 g/mol. The topological polar surface area (TPSA) is 86.7 Å². The van der Waals surface area contributed by atoms with Gasteiger partial charge in [-0.3, -0.25) is 14.4 Å². The Morgan fingerprint density at radius 3 is 2.50 bits per heavy atom. The second-order valence-corrected chi connectivity index (χ2v) is 11.5. The van der Waals surface area contributed by atoms with Gasteiger partial charge in [0.05, 0.1) is 6.42 Å². The molecule has 5 rings (SSSR count). The molecule has 182 valence electrons. The summed E-state index contributed by atoms with van der Waals surface area (Å²) in [5, 5.41) is 12.3. The average Bonchev–Trinajstić information content (AvgIpc) is 3.13. The molecular weight excluding hydrogens is 428 g/mol. The van der Waals surface area contributed by atoms with E-state index in [1.54, 1.807) is 30.3 Å². The van der Waals surface area contributed by atoms with E-state index in [1.807, 2.05) is 11.9 Å². The molecular formula is C28H36N2O4. The van der Waals surface area contributed by atoms with Crippen molar-refractivity contribution >= 4 is 17.8 Å². The number of amides is 2. The predicted molar refractivity (Wildman–Crippen MR) is 129 cm³/mol. The zero-order valence-corrected chi connectivity index (χ0v) is 20.4. The zero-order chi connectivity index (χ0) is 24.3. The van der Waals surface area contributed by atoms with Gasteiger partial charge >= 0.3 is 5.97 Å². The van der Waals surface area contributed by atoms with Crippen molar-refractivity contribution in [3.63, 3.8) is 0 Å². The van der Waals surface area contributed by atoms with Gasteiger partial charge in [-0.1, -0.05) is 32.1 Å². The second kappa shape index (κ2) is 8.24. The van der Waals surface area contributed by atoms with Crippen LogP contribution >= 0.6 is 0 Å². The Bertz CT molecular complexity index is 1030. The smallest absolute Gasteiger partial charge is 0.307 e. The van der Waals surface area contributed by atoms with Crippen LogP contribution in [-0.4, -0.2) is 46.9 Å². The number of carbonyl (C=O) groups excluding carboxylic acids is 2. The lowest BCUT2D eigenvalue weighted by Crippen LogP contribution is -2.60. The van der Waals surface area contributed by atoms with Crippen molar-refractivity contribution in [3.8, 4) is 0 Å². The van der Waals surface area contributed by atoms with E-state index in [4.69, 9.17) is 5.11 Å². The fourth-order valence-electron chi connectivity index (χ4n) is 8.17. The highest BCUT2D eigenvalue weighted by atomic mass is 16.4. The molecule has 34 heavy (non-hydrogen) atoms. The number of carboxylic acid groups (broad SMARTS) is 1. The maximum Gasteiger partial charge on any atom is 0.307 e. The summed E-state index contributed by atoms with van der Waals surface area (Å²) in [6.07, 6.45) is 10.5. The first-order valence-electron chi connectivity index (χ1n) is 12.7. The molecule has 0 radical (unpaired) electrons. The SMILES string of the molecule is CN1C(=O)C=C[C@@]2(C)C1CC[C@@H]1[C@H]2CC[C@]2(C)C(NC(=O)c3ccc(CC(=O)O)cc3)CC[C@@H]12. The number of carbonyl (C=O) groups is 3. The molecule has 3 aliphatic carbocycles. The monoisotopic (exact) mass is 464 g/mol. The van der Waals surface area contributed by atoms with Gasteiger partial charge in [-0.05, 0) is 85.5 Å². The number of nitrogens with one attached hydrogen (secondary N) is 1. The van der Waals surface area contributed by atoms with Crippen molar-refractivity contribution in [2.45, 2.75) is 70.9 Å². The second-order valence-electron chi connectivity index (χ2n) is 11.5. The summed E-state index contributed by atoms with van der Waals surface area (Å²) >= 11 is 0. The molecule has 1 aromatic carbocycles. The first-order chi connectivity index (χ1) is 16.1. The Kier molecular flexibility index (Phi) is 5.61. The van der Waals surface area contributed by atoms with Gasteiger partial charge in [-0.25, -0.2) is 0 Å². The molecule has 2 amide bonds. The molecule has 0 spiro atoms. The van der Waals surface area contributed by atoms with Gasteiger partial charge in [0.25, 0.3) is 5.91 Å². The first-order valence-corrected chi connectivity index (χ1v) is 12.7. The van der Waals surface area contributed by atoms with Crippen LogP contribution in [-0.2, 0) is 16.0 Å². The molecule has 6 nitrogen and oxygen atoms in total. The van der Waals surface area contributed by atoms with E-state index < -0.39 is 5.97 Å². The standard InChI is InChI=1S/C28H36N2O4/c1-27-14-12-21-19(8-11-23-28(21,2)15-13-24(31)30(23)3)20(27)9-10-22(27)29-26(34)18-6-4-17(5-7-18)16-25(32)33/h4-7,13,15,19-23H,8-12,14,16H2,1-3H3,(H,29,34)(H,32,33)/t19-,20-,21+,22?,23?,27-,28+/m0/s1. The predicted octanol–water partition coefficient (Wildman–Crippen LogP) is 4.05. The number of likely N-dealkylation sites (N-methyl/N-ethyl adjacent to an activating group) is 1.